The molecule has 4 heteroatoms. The highest BCUT2D eigenvalue weighted by Gasteiger charge is 2.56. The van der Waals surface area contributed by atoms with Gasteiger partial charge in [-0.2, -0.15) is 0 Å². The highest BCUT2D eigenvalue weighted by Crippen LogP contribution is 2.62. The largest absolute Gasteiger partial charge is 0.441 e. The summed E-state index contributed by atoms with van der Waals surface area (Å²) in [6.07, 6.45) is 13.2. The number of carbonyl (C=O) groups excluding carboxylic acids is 1. The number of carbonyl (C=O) groups is 1. The maximum atomic E-state index is 12.1. The van der Waals surface area contributed by atoms with E-state index in [-0.39, 0.29) is 10.8 Å². The summed E-state index contributed by atoms with van der Waals surface area (Å²) in [4.78, 5) is 16.8. The van der Waals surface area contributed by atoms with E-state index in [1.165, 1.54) is 12.0 Å². The number of halogens is 1. The molecule has 0 aliphatic heterocycles. The van der Waals surface area contributed by atoms with E-state index in [4.69, 9.17) is 4.42 Å². The average Bonchev–Trinajstić information content (AvgIpc) is 3.27. The minimum Gasteiger partial charge on any atom is -0.441 e. The standard InChI is InChI=1S/C28H32BrNO2/c1-4-7-22-20-11-10-18-16-19(31)12-14-27(18,2)23(20)13-15-28(22,3)25-17-30-26(32-25)21-8-5-6-9-24(21)29/h4-6,8-9,16-17,20,22-23H,1,7,10-15H2,2-3H3/t20-,22-,23-,27-,28?/m0/s1. The number of hydrogen-bond acceptors (Lipinski definition) is 3. The number of fused-ring (bicyclic) bond motifs is 3. The van der Waals surface area contributed by atoms with Crippen molar-refractivity contribution in [2.24, 2.45) is 23.2 Å². The van der Waals surface area contributed by atoms with E-state index in [9.17, 15) is 4.79 Å². The molecule has 1 aromatic heterocycles. The van der Waals surface area contributed by atoms with Crippen LogP contribution < -0.4 is 0 Å². The predicted octanol–water partition coefficient (Wildman–Crippen LogP) is 7.67. The summed E-state index contributed by atoms with van der Waals surface area (Å²) >= 11 is 3.63. The lowest BCUT2D eigenvalue weighted by Gasteiger charge is -2.58. The molecule has 1 aromatic carbocycles. The molecular formula is C28H32BrNO2. The van der Waals surface area contributed by atoms with Crippen LogP contribution >= 0.6 is 15.9 Å². The summed E-state index contributed by atoms with van der Waals surface area (Å²) < 4.78 is 7.46. The summed E-state index contributed by atoms with van der Waals surface area (Å²) in [7, 11) is 0. The van der Waals surface area contributed by atoms with Crippen molar-refractivity contribution in [2.75, 3.05) is 0 Å². The highest BCUT2D eigenvalue weighted by atomic mass is 79.9. The minimum atomic E-state index is -0.0655. The van der Waals surface area contributed by atoms with Crippen LogP contribution in [0.15, 0.2) is 63.7 Å². The normalized spacial score (nSPS) is 34.4. The molecule has 0 N–H and O–H groups in total. The van der Waals surface area contributed by atoms with Crippen molar-refractivity contribution < 1.29 is 9.21 Å². The molecule has 2 fully saturated rings. The second-order valence-corrected chi connectivity index (χ2v) is 11.3. The summed E-state index contributed by atoms with van der Waals surface area (Å²) in [6, 6.07) is 8.08. The second-order valence-electron chi connectivity index (χ2n) is 10.5. The molecule has 0 bridgehead atoms. The number of ketones is 1. The molecule has 0 saturated heterocycles. The number of allylic oxidation sites excluding steroid dienone is 3. The average molecular weight is 494 g/mol. The molecular weight excluding hydrogens is 462 g/mol. The first-order valence-electron chi connectivity index (χ1n) is 11.9. The van der Waals surface area contributed by atoms with Gasteiger partial charge in [-0.15, -0.1) is 6.58 Å². The molecule has 3 aliphatic rings. The van der Waals surface area contributed by atoms with Gasteiger partial charge in [0, 0.05) is 16.3 Å². The Balaban J connectivity index is 1.50. The Morgan fingerprint density at radius 1 is 1.19 bits per heavy atom. The van der Waals surface area contributed by atoms with Gasteiger partial charge in [-0.25, -0.2) is 4.98 Å². The van der Waals surface area contributed by atoms with Gasteiger partial charge in [0.15, 0.2) is 5.78 Å². The summed E-state index contributed by atoms with van der Waals surface area (Å²) in [5, 5.41) is 0. The molecule has 32 heavy (non-hydrogen) atoms. The van der Waals surface area contributed by atoms with E-state index in [1.54, 1.807) is 0 Å². The van der Waals surface area contributed by atoms with Crippen LogP contribution in [-0.4, -0.2) is 10.8 Å². The van der Waals surface area contributed by atoms with Gasteiger partial charge >= 0.3 is 0 Å². The first kappa shape index (κ1) is 21.9. The van der Waals surface area contributed by atoms with Crippen LogP contribution in [0.5, 0.6) is 0 Å². The molecule has 1 heterocycles. The molecule has 3 nitrogen and oxygen atoms in total. The molecule has 0 radical (unpaired) electrons. The molecule has 5 atom stereocenters. The van der Waals surface area contributed by atoms with Crippen LogP contribution in [0.25, 0.3) is 11.5 Å². The smallest absolute Gasteiger partial charge is 0.227 e. The molecule has 168 valence electrons. The van der Waals surface area contributed by atoms with Crippen molar-refractivity contribution in [1.29, 1.82) is 0 Å². The third kappa shape index (κ3) is 3.37. The van der Waals surface area contributed by atoms with Crippen LogP contribution in [0.2, 0.25) is 0 Å². The van der Waals surface area contributed by atoms with Crippen LogP contribution in [0.1, 0.15) is 64.6 Å². The third-order valence-electron chi connectivity index (χ3n) is 8.95. The van der Waals surface area contributed by atoms with Gasteiger partial charge in [-0.1, -0.05) is 37.6 Å². The van der Waals surface area contributed by atoms with E-state index in [1.807, 2.05) is 36.5 Å². The van der Waals surface area contributed by atoms with Gasteiger partial charge in [0.1, 0.15) is 5.76 Å². The lowest BCUT2D eigenvalue weighted by Crippen LogP contribution is -2.52. The van der Waals surface area contributed by atoms with Crippen LogP contribution in [0.4, 0.5) is 0 Å². The topological polar surface area (TPSA) is 43.1 Å². The van der Waals surface area contributed by atoms with Crippen molar-refractivity contribution in [1.82, 2.24) is 4.98 Å². The van der Waals surface area contributed by atoms with E-state index in [0.29, 0.717) is 35.8 Å². The highest BCUT2D eigenvalue weighted by molar-refractivity contribution is 9.10. The molecule has 2 saturated carbocycles. The zero-order valence-electron chi connectivity index (χ0n) is 19.1. The number of benzene rings is 1. The van der Waals surface area contributed by atoms with Gasteiger partial charge < -0.3 is 4.42 Å². The van der Waals surface area contributed by atoms with Crippen molar-refractivity contribution in [3.63, 3.8) is 0 Å². The Morgan fingerprint density at radius 3 is 2.78 bits per heavy atom. The molecule has 3 aliphatic carbocycles. The fourth-order valence-electron chi connectivity index (χ4n) is 7.10. The Labute approximate surface area is 199 Å². The number of rotatable bonds is 4. The molecule has 5 rings (SSSR count). The maximum absolute atomic E-state index is 12.1. The minimum absolute atomic E-state index is 0.0655. The Kier molecular flexibility index (Phi) is 5.56. The van der Waals surface area contributed by atoms with E-state index in [0.717, 1.165) is 47.9 Å². The second kappa shape index (κ2) is 8.13. The Morgan fingerprint density at radius 2 is 2.00 bits per heavy atom. The maximum Gasteiger partial charge on any atom is 0.227 e. The number of nitrogens with zero attached hydrogens (tertiary/aromatic N) is 1. The zero-order chi connectivity index (χ0) is 22.5. The SMILES string of the molecule is C=CC[C@H]1[C@@H]2CCC3=CC(=O)CC[C@]3(C)[C@H]2CCC1(C)c1cnc(-c2ccccc2Br)o1. The van der Waals surface area contributed by atoms with Gasteiger partial charge in [0.05, 0.1) is 11.8 Å². The van der Waals surface area contributed by atoms with Crippen LogP contribution in [0, 0.1) is 23.2 Å². The number of oxazole rings is 1. The zero-order valence-corrected chi connectivity index (χ0v) is 20.7. The van der Waals surface area contributed by atoms with Gasteiger partial charge in [0.2, 0.25) is 5.89 Å². The fourth-order valence-corrected chi connectivity index (χ4v) is 7.55. The predicted molar refractivity (Wildman–Crippen MR) is 131 cm³/mol. The van der Waals surface area contributed by atoms with E-state index < -0.39 is 0 Å². The lowest BCUT2D eigenvalue weighted by molar-refractivity contribution is -0.117. The first-order valence-corrected chi connectivity index (χ1v) is 12.7. The van der Waals surface area contributed by atoms with Crippen molar-refractivity contribution >= 4 is 21.7 Å². The van der Waals surface area contributed by atoms with Crippen molar-refractivity contribution in [3.8, 4) is 11.5 Å². The van der Waals surface area contributed by atoms with Gasteiger partial charge in [-0.3, -0.25) is 4.79 Å². The molecule has 1 unspecified atom stereocenters. The summed E-state index contributed by atoms with van der Waals surface area (Å²) in [5.74, 6) is 3.70. The van der Waals surface area contributed by atoms with Crippen molar-refractivity contribution in [3.05, 3.63) is 65.0 Å². The Hall–Kier alpha value is -1.94. The van der Waals surface area contributed by atoms with Crippen LogP contribution in [0.3, 0.4) is 0 Å². The molecule has 0 amide bonds. The molecule has 0 spiro atoms. The molecule has 2 aromatic rings. The van der Waals surface area contributed by atoms with E-state index in [2.05, 4.69) is 47.4 Å². The first-order chi connectivity index (χ1) is 15.4. The van der Waals surface area contributed by atoms with Crippen LogP contribution in [-0.2, 0) is 10.2 Å². The lowest BCUT2D eigenvalue weighted by atomic mass is 9.46. The summed E-state index contributed by atoms with van der Waals surface area (Å²) in [5.41, 5.74) is 2.50. The fraction of sp³-hybridized carbons (Fsp3) is 0.500. The monoisotopic (exact) mass is 493 g/mol. The van der Waals surface area contributed by atoms with Gasteiger partial charge in [0.25, 0.3) is 0 Å². The van der Waals surface area contributed by atoms with Gasteiger partial charge in [-0.05, 0) is 95.8 Å². The quantitative estimate of drug-likeness (QED) is 0.410. The summed E-state index contributed by atoms with van der Waals surface area (Å²) in [6.45, 7) is 8.92. The third-order valence-corrected chi connectivity index (χ3v) is 9.64. The van der Waals surface area contributed by atoms with E-state index >= 15 is 0 Å². The van der Waals surface area contributed by atoms with Crippen molar-refractivity contribution in [2.45, 2.75) is 64.2 Å². The number of aromatic nitrogens is 1. The number of hydrogen-bond donors (Lipinski definition) is 0. The Bertz CT molecular complexity index is 1080.